The first-order valence-corrected chi connectivity index (χ1v) is 8.66. The molecule has 1 N–H and O–H groups in total. The van der Waals surface area contributed by atoms with E-state index in [0.29, 0.717) is 5.39 Å². The number of aromatic amines is 1. The fraction of sp³-hybridized carbons (Fsp3) is 0.278. The number of nitrogens with one attached hydrogen (secondary N) is 1. The zero-order valence-electron chi connectivity index (χ0n) is 14.0. The average molecular weight is 347 g/mol. The quantitative estimate of drug-likeness (QED) is 0.595. The van der Waals surface area contributed by atoms with Gasteiger partial charge in [-0.2, -0.15) is 5.10 Å². The third-order valence-corrected chi connectivity index (χ3v) is 5.07. The average Bonchev–Trinajstić information content (AvgIpc) is 3.18. The van der Waals surface area contributed by atoms with Crippen LogP contribution in [0.5, 0.6) is 0 Å². The molecule has 0 spiro atoms. The maximum absolute atomic E-state index is 12.8. The van der Waals surface area contributed by atoms with Gasteiger partial charge in [0.15, 0.2) is 5.65 Å². The minimum absolute atomic E-state index is 0.0355. The van der Waals surface area contributed by atoms with Crippen LogP contribution in [0, 0.1) is 0 Å². The van der Waals surface area contributed by atoms with Crippen LogP contribution < -0.4 is 10.5 Å². The Hall–Kier alpha value is -3.29. The highest BCUT2D eigenvalue weighted by atomic mass is 16.1. The van der Waals surface area contributed by atoms with Crippen LogP contribution in [0.4, 0.5) is 5.82 Å². The molecule has 0 radical (unpaired) electrons. The number of anilines is 1. The Kier molecular flexibility index (Phi) is 3.41. The number of rotatable bonds is 2. The van der Waals surface area contributed by atoms with Crippen LogP contribution in [-0.2, 0) is 0 Å². The summed E-state index contributed by atoms with van der Waals surface area (Å²) in [6, 6.07) is 7.64. The maximum Gasteiger partial charge on any atom is 0.261 e. The molecule has 0 amide bonds. The molecule has 3 aromatic heterocycles. The van der Waals surface area contributed by atoms with Gasteiger partial charge < -0.3 is 4.90 Å². The van der Waals surface area contributed by atoms with Gasteiger partial charge in [0.2, 0.25) is 0 Å². The molecule has 1 aromatic carbocycles. The topological polar surface area (TPSA) is 92.6 Å². The standard InChI is InChI=1S/C18H17N7O/c26-18-13-3-1-2-4-15(13)21-11-25(18)12-5-7-24(8-6-12)17-14-9-22-23-16(14)19-10-20-17/h1-4,9-12H,5-8H2,(H,19,20,22,23). The zero-order chi connectivity index (χ0) is 17.5. The van der Waals surface area contributed by atoms with Crippen molar-refractivity contribution in [1.29, 1.82) is 0 Å². The third-order valence-electron chi connectivity index (χ3n) is 5.07. The highest BCUT2D eigenvalue weighted by Crippen LogP contribution is 2.28. The first-order chi connectivity index (χ1) is 12.8. The van der Waals surface area contributed by atoms with Gasteiger partial charge in [0.05, 0.1) is 28.8 Å². The van der Waals surface area contributed by atoms with Crippen molar-refractivity contribution in [2.45, 2.75) is 18.9 Å². The molecule has 4 heterocycles. The fourth-order valence-electron chi connectivity index (χ4n) is 3.70. The summed E-state index contributed by atoms with van der Waals surface area (Å²) in [5.41, 5.74) is 1.52. The molecule has 26 heavy (non-hydrogen) atoms. The molecule has 0 saturated carbocycles. The van der Waals surface area contributed by atoms with Gasteiger partial charge in [-0.1, -0.05) is 12.1 Å². The molecule has 1 aliphatic heterocycles. The van der Waals surface area contributed by atoms with Crippen molar-refractivity contribution in [2.75, 3.05) is 18.0 Å². The molecular weight excluding hydrogens is 330 g/mol. The van der Waals surface area contributed by atoms with Crippen molar-refractivity contribution in [1.82, 2.24) is 29.7 Å². The van der Waals surface area contributed by atoms with E-state index in [2.05, 4.69) is 30.0 Å². The molecular formula is C18H17N7O. The largest absolute Gasteiger partial charge is 0.356 e. The molecule has 1 fully saturated rings. The van der Waals surface area contributed by atoms with E-state index in [1.165, 1.54) is 0 Å². The van der Waals surface area contributed by atoms with Crippen LogP contribution in [0.1, 0.15) is 18.9 Å². The highest BCUT2D eigenvalue weighted by molar-refractivity contribution is 5.86. The van der Waals surface area contributed by atoms with Crippen molar-refractivity contribution in [3.63, 3.8) is 0 Å². The number of fused-ring (bicyclic) bond motifs is 2. The molecule has 1 aliphatic rings. The Morgan fingerprint density at radius 3 is 2.77 bits per heavy atom. The molecule has 8 heteroatoms. The van der Waals surface area contributed by atoms with E-state index >= 15 is 0 Å². The van der Waals surface area contributed by atoms with Crippen molar-refractivity contribution in [3.05, 3.63) is 53.5 Å². The summed E-state index contributed by atoms with van der Waals surface area (Å²) in [6.45, 7) is 1.64. The van der Waals surface area contributed by atoms with Crippen LogP contribution in [0.2, 0.25) is 0 Å². The van der Waals surface area contributed by atoms with Crippen LogP contribution >= 0.6 is 0 Å². The number of aromatic nitrogens is 6. The first-order valence-electron chi connectivity index (χ1n) is 8.66. The summed E-state index contributed by atoms with van der Waals surface area (Å²) in [7, 11) is 0. The predicted octanol–water partition coefficient (Wildman–Crippen LogP) is 1.90. The number of hydrogen-bond donors (Lipinski definition) is 1. The molecule has 5 rings (SSSR count). The van der Waals surface area contributed by atoms with Crippen molar-refractivity contribution in [3.8, 4) is 0 Å². The van der Waals surface area contributed by atoms with Gasteiger partial charge in [0.1, 0.15) is 12.1 Å². The van der Waals surface area contributed by atoms with Gasteiger partial charge in [0.25, 0.3) is 5.56 Å². The Bertz CT molecular complexity index is 1140. The summed E-state index contributed by atoms with van der Waals surface area (Å²) in [5, 5.41) is 8.53. The van der Waals surface area contributed by atoms with E-state index in [-0.39, 0.29) is 11.6 Å². The summed E-state index contributed by atoms with van der Waals surface area (Å²) >= 11 is 0. The Morgan fingerprint density at radius 1 is 1.04 bits per heavy atom. The molecule has 130 valence electrons. The van der Waals surface area contributed by atoms with Crippen LogP contribution in [0.3, 0.4) is 0 Å². The molecule has 0 aliphatic carbocycles. The Labute approximate surface area is 148 Å². The minimum atomic E-state index is 0.0355. The summed E-state index contributed by atoms with van der Waals surface area (Å²) in [6.07, 6.45) is 6.73. The van der Waals surface area contributed by atoms with E-state index in [4.69, 9.17) is 0 Å². The smallest absolute Gasteiger partial charge is 0.261 e. The van der Waals surface area contributed by atoms with E-state index in [9.17, 15) is 4.79 Å². The van der Waals surface area contributed by atoms with Gasteiger partial charge in [-0.05, 0) is 25.0 Å². The second-order valence-corrected chi connectivity index (χ2v) is 6.52. The number of hydrogen-bond acceptors (Lipinski definition) is 6. The lowest BCUT2D eigenvalue weighted by Crippen LogP contribution is -2.38. The Morgan fingerprint density at radius 2 is 1.88 bits per heavy atom. The van der Waals surface area contributed by atoms with Crippen LogP contribution in [-0.4, -0.2) is 42.8 Å². The second-order valence-electron chi connectivity index (χ2n) is 6.52. The summed E-state index contributed by atoms with van der Waals surface area (Å²) in [4.78, 5) is 28.1. The fourth-order valence-corrected chi connectivity index (χ4v) is 3.70. The number of nitrogens with zero attached hydrogens (tertiary/aromatic N) is 6. The van der Waals surface area contributed by atoms with Crippen LogP contribution in [0.15, 0.2) is 47.9 Å². The van der Waals surface area contributed by atoms with Crippen molar-refractivity contribution < 1.29 is 0 Å². The predicted molar refractivity (Wildman–Crippen MR) is 98.2 cm³/mol. The zero-order valence-corrected chi connectivity index (χ0v) is 14.0. The number of para-hydroxylation sites is 1. The normalized spacial score (nSPS) is 15.8. The van der Waals surface area contributed by atoms with Gasteiger partial charge in [-0.15, -0.1) is 0 Å². The number of H-pyrrole nitrogens is 1. The first kappa shape index (κ1) is 15.0. The molecule has 1 saturated heterocycles. The minimum Gasteiger partial charge on any atom is -0.356 e. The van der Waals surface area contributed by atoms with Crippen LogP contribution in [0.25, 0.3) is 21.9 Å². The molecule has 4 aromatic rings. The van der Waals surface area contributed by atoms with E-state index in [0.717, 1.165) is 48.3 Å². The van der Waals surface area contributed by atoms with Gasteiger partial charge in [0, 0.05) is 19.1 Å². The van der Waals surface area contributed by atoms with E-state index < -0.39 is 0 Å². The lowest BCUT2D eigenvalue weighted by atomic mass is 10.0. The summed E-state index contributed by atoms with van der Waals surface area (Å²) < 4.78 is 1.78. The second kappa shape index (κ2) is 5.91. The van der Waals surface area contributed by atoms with Gasteiger partial charge >= 0.3 is 0 Å². The van der Waals surface area contributed by atoms with E-state index in [1.807, 2.05) is 24.3 Å². The number of benzene rings is 1. The van der Waals surface area contributed by atoms with E-state index in [1.54, 1.807) is 23.4 Å². The monoisotopic (exact) mass is 347 g/mol. The third kappa shape index (κ3) is 2.33. The SMILES string of the molecule is O=c1c2ccccc2ncn1C1CCN(c2ncnc3[nH]ncc23)CC1. The highest BCUT2D eigenvalue weighted by Gasteiger charge is 2.24. The van der Waals surface area contributed by atoms with Gasteiger partial charge in [-0.3, -0.25) is 14.5 Å². The lowest BCUT2D eigenvalue weighted by Gasteiger charge is -2.33. The van der Waals surface area contributed by atoms with Gasteiger partial charge in [-0.25, -0.2) is 15.0 Å². The molecule has 0 unspecified atom stereocenters. The maximum atomic E-state index is 12.8. The lowest BCUT2D eigenvalue weighted by molar-refractivity contribution is 0.385. The van der Waals surface area contributed by atoms with Crippen molar-refractivity contribution in [2.24, 2.45) is 0 Å². The Balaban J connectivity index is 1.42. The molecule has 0 atom stereocenters. The van der Waals surface area contributed by atoms with Crippen molar-refractivity contribution >= 4 is 27.8 Å². The molecule has 8 nitrogen and oxygen atoms in total. The number of piperidine rings is 1. The molecule has 0 bridgehead atoms. The summed E-state index contributed by atoms with van der Waals surface area (Å²) in [5.74, 6) is 0.895.